The number of rotatable bonds is 6. The topological polar surface area (TPSA) is 55.6 Å². The third-order valence-corrected chi connectivity index (χ3v) is 3.18. The lowest BCUT2D eigenvalue weighted by molar-refractivity contribution is -0.132. The molecule has 4 nitrogen and oxygen atoms in total. The van der Waals surface area contributed by atoms with Crippen molar-refractivity contribution in [3.8, 4) is 5.75 Å². The highest BCUT2D eigenvalue weighted by Crippen LogP contribution is 2.29. The summed E-state index contributed by atoms with van der Waals surface area (Å²) in [7, 11) is 1.65. The number of carbonyl (C=O) groups excluding carboxylic acids is 1. The maximum Gasteiger partial charge on any atom is 0.224 e. The highest BCUT2D eigenvalue weighted by atomic mass is 16.5. The first-order valence-electron chi connectivity index (χ1n) is 6.37. The van der Waals surface area contributed by atoms with E-state index in [1.807, 2.05) is 29.2 Å². The molecule has 0 heterocycles. The van der Waals surface area contributed by atoms with Crippen molar-refractivity contribution in [2.45, 2.75) is 31.8 Å². The third kappa shape index (κ3) is 3.23. The molecule has 98 valence electrons. The van der Waals surface area contributed by atoms with E-state index in [0.717, 1.165) is 24.2 Å². The van der Waals surface area contributed by atoms with Crippen molar-refractivity contribution in [1.29, 1.82) is 0 Å². The second-order valence-corrected chi connectivity index (χ2v) is 4.64. The van der Waals surface area contributed by atoms with Crippen LogP contribution in [0.5, 0.6) is 5.75 Å². The number of ether oxygens (including phenoxy) is 1. The fourth-order valence-corrected chi connectivity index (χ4v) is 2.00. The van der Waals surface area contributed by atoms with Gasteiger partial charge in [-0.25, -0.2) is 0 Å². The molecule has 2 rings (SSSR count). The van der Waals surface area contributed by atoms with Crippen molar-refractivity contribution in [3.63, 3.8) is 0 Å². The first kappa shape index (κ1) is 12.9. The number of nitrogens with two attached hydrogens (primary N) is 1. The van der Waals surface area contributed by atoms with Gasteiger partial charge in [0.2, 0.25) is 5.91 Å². The number of methoxy groups -OCH3 is 1. The molecule has 0 saturated heterocycles. The van der Waals surface area contributed by atoms with E-state index in [0.29, 0.717) is 25.6 Å². The van der Waals surface area contributed by atoms with Crippen LogP contribution >= 0.6 is 0 Å². The minimum atomic E-state index is 0.163. The molecule has 1 amide bonds. The second-order valence-electron chi connectivity index (χ2n) is 4.64. The van der Waals surface area contributed by atoms with Gasteiger partial charge < -0.3 is 15.4 Å². The Hall–Kier alpha value is -1.55. The van der Waals surface area contributed by atoms with Gasteiger partial charge in [0.25, 0.3) is 0 Å². The Kier molecular flexibility index (Phi) is 4.20. The van der Waals surface area contributed by atoms with Crippen molar-refractivity contribution < 1.29 is 9.53 Å². The molecule has 0 atom stereocenters. The van der Waals surface area contributed by atoms with E-state index in [2.05, 4.69) is 0 Å². The minimum absolute atomic E-state index is 0.163. The van der Waals surface area contributed by atoms with Crippen LogP contribution in [0, 0.1) is 0 Å². The fourth-order valence-electron chi connectivity index (χ4n) is 2.00. The summed E-state index contributed by atoms with van der Waals surface area (Å²) in [5, 5.41) is 0. The van der Waals surface area contributed by atoms with E-state index in [4.69, 9.17) is 10.5 Å². The van der Waals surface area contributed by atoms with Crippen LogP contribution in [0.15, 0.2) is 24.3 Å². The first-order valence-corrected chi connectivity index (χ1v) is 6.37. The van der Waals surface area contributed by atoms with Crippen LogP contribution in [-0.4, -0.2) is 30.5 Å². The molecule has 2 N–H and O–H groups in total. The molecule has 0 radical (unpaired) electrons. The van der Waals surface area contributed by atoms with Gasteiger partial charge in [0, 0.05) is 25.6 Å². The molecule has 0 aromatic heterocycles. The van der Waals surface area contributed by atoms with Crippen molar-refractivity contribution >= 4 is 5.91 Å². The van der Waals surface area contributed by atoms with E-state index < -0.39 is 0 Å². The van der Waals surface area contributed by atoms with Crippen LogP contribution in [0.1, 0.15) is 24.8 Å². The van der Waals surface area contributed by atoms with Crippen LogP contribution in [0.4, 0.5) is 0 Å². The maximum atomic E-state index is 12.0. The van der Waals surface area contributed by atoms with E-state index in [9.17, 15) is 4.79 Å². The van der Waals surface area contributed by atoms with Gasteiger partial charge in [0.05, 0.1) is 7.11 Å². The van der Waals surface area contributed by atoms with Crippen LogP contribution in [-0.2, 0) is 11.3 Å². The van der Waals surface area contributed by atoms with Crippen molar-refractivity contribution in [1.82, 2.24) is 4.90 Å². The molecule has 1 aromatic rings. The zero-order valence-electron chi connectivity index (χ0n) is 10.8. The highest BCUT2D eigenvalue weighted by Gasteiger charge is 2.31. The Bertz CT molecular complexity index is 399. The Morgan fingerprint density at radius 2 is 2.06 bits per heavy atom. The lowest BCUT2D eigenvalue weighted by atomic mass is 10.2. The lowest BCUT2D eigenvalue weighted by Crippen LogP contribution is -2.33. The first-order chi connectivity index (χ1) is 8.74. The Morgan fingerprint density at radius 1 is 1.39 bits per heavy atom. The molecule has 0 unspecified atom stereocenters. The summed E-state index contributed by atoms with van der Waals surface area (Å²) >= 11 is 0. The van der Waals surface area contributed by atoms with Gasteiger partial charge in [-0.05, 0) is 30.5 Å². The predicted octanol–water partition coefficient (Wildman–Crippen LogP) is 1.53. The average molecular weight is 248 g/mol. The summed E-state index contributed by atoms with van der Waals surface area (Å²) in [4.78, 5) is 13.9. The summed E-state index contributed by atoms with van der Waals surface area (Å²) in [5.41, 5.74) is 6.59. The van der Waals surface area contributed by atoms with E-state index >= 15 is 0 Å². The monoisotopic (exact) mass is 248 g/mol. The molecular weight excluding hydrogens is 228 g/mol. The molecule has 4 heteroatoms. The minimum Gasteiger partial charge on any atom is -0.497 e. The second kappa shape index (κ2) is 5.87. The summed E-state index contributed by atoms with van der Waals surface area (Å²) < 4.78 is 5.12. The summed E-state index contributed by atoms with van der Waals surface area (Å²) in [5.74, 6) is 1.00. The summed E-state index contributed by atoms with van der Waals surface area (Å²) in [6.07, 6.45) is 2.67. The molecule has 1 saturated carbocycles. The predicted molar refractivity (Wildman–Crippen MR) is 70.2 cm³/mol. The van der Waals surface area contributed by atoms with Gasteiger partial charge in [-0.15, -0.1) is 0 Å². The molecule has 1 aliphatic rings. The molecule has 0 spiro atoms. The highest BCUT2D eigenvalue weighted by molar-refractivity contribution is 5.77. The largest absolute Gasteiger partial charge is 0.497 e. The van der Waals surface area contributed by atoms with Gasteiger partial charge >= 0.3 is 0 Å². The van der Waals surface area contributed by atoms with Crippen LogP contribution in [0.2, 0.25) is 0 Å². The number of nitrogens with zero attached hydrogens (tertiary/aromatic N) is 1. The maximum absolute atomic E-state index is 12.0. The van der Waals surface area contributed by atoms with Crippen molar-refractivity contribution in [3.05, 3.63) is 29.8 Å². The van der Waals surface area contributed by atoms with E-state index in [1.165, 1.54) is 0 Å². The average Bonchev–Trinajstić information content (AvgIpc) is 3.21. The standard InChI is InChI=1S/C14H20N2O2/c1-18-13-6-2-11(3-7-13)10-16(12-4-5-12)14(17)8-9-15/h2-3,6-7,12H,4-5,8-10,15H2,1H3. The van der Waals surface area contributed by atoms with E-state index in [-0.39, 0.29) is 5.91 Å². The van der Waals surface area contributed by atoms with Crippen LogP contribution in [0.3, 0.4) is 0 Å². The smallest absolute Gasteiger partial charge is 0.224 e. The van der Waals surface area contributed by atoms with Crippen LogP contribution in [0.25, 0.3) is 0 Å². The zero-order chi connectivity index (χ0) is 13.0. The van der Waals surface area contributed by atoms with Crippen molar-refractivity contribution in [2.75, 3.05) is 13.7 Å². The van der Waals surface area contributed by atoms with Gasteiger partial charge in [0.1, 0.15) is 5.75 Å². The zero-order valence-corrected chi connectivity index (χ0v) is 10.8. The fraction of sp³-hybridized carbons (Fsp3) is 0.500. The number of amides is 1. The quantitative estimate of drug-likeness (QED) is 0.830. The molecule has 0 aliphatic heterocycles. The molecular formula is C14H20N2O2. The molecule has 1 aromatic carbocycles. The van der Waals surface area contributed by atoms with Crippen LogP contribution < -0.4 is 10.5 Å². The molecule has 18 heavy (non-hydrogen) atoms. The van der Waals surface area contributed by atoms with Gasteiger partial charge in [0.15, 0.2) is 0 Å². The van der Waals surface area contributed by atoms with E-state index in [1.54, 1.807) is 7.11 Å². The number of carbonyl (C=O) groups is 1. The third-order valence-electron chi connectivity index (χ3n) is 3.18. The Morgan fingerprint density at radius 3 is 2.56 bits per heavy atom. The SMILES string of the molecule is COc1ccc(CN(C(=O)CCN)C2CC2)cc1. The number of hydrogen-bond acceptors (Lipinski definition) is 3. The lowest BCUT2D eigenvalue weighted by Gasteiger charge is -2.22. The summed E-state index contributed by atoms with van der Waals surface area (Å²) in [6, 6.07) is 8.28. The Balaban J connectivity index is 2.01. The van der Waals surface area contributed by atoms with Gasteiger partial charge in [-0.3, -0.25) is 4.79 Å². The molecule has 1 aliphatic carbocycles. The molecule has 0 bridgehead atoms. The van der Waals surface area contributed by atoms with Gasteiger partial charge in [-0.1, -0.05) is 12.1 Å². The van der Waals surface area contributed by atoms with Gasteiger partial charge in [-0.2, -0.15) is 0 Å². The molecule has 1 fully saturated rings. The number of hydrogen-bond donors (Lipinski definition) is 1. The Labute approximate surface area is 108 Å². The van der Waals surface area contributed by atoms with Crippen molar-refractivity contribution in [2.24, 2.45) is 5.73 Å². The number of benzene rings is 1. The summed E-state index contributed by atoms with van der Waals surface area (Å²) in [6.45, 7) is 1.10. The normalized spacial score (nSPS) is 14.3.